The van der Waals surface area contributed by atoms with Gasteiger partial charge in [-0.15, -0.1) is 0 Å². The van der Waals surface area contributed by atoms with Crippen LogP contribution in [0.1, 0.15) is 48.4 Å². The first-order chi connectivity index (χ1) is 18.3. The second-order valence-corrected chi connectivity index (χ2v) is 9.00. The molecular formula is C28H45N6O4+. The summed E-state index contributed by atoms with van der Waals surface area (Å²) < 4.78 is 11.2. The number of nitrogens with one attached hydrogen (secondary N) is 3. The van der Waals surface area contributed by atoms with Crippen molar-refractivity contribution in [3.63, 3.8) is 0 Å². The molecule has 0 saturated carbocycles. The fourth-order valence-corrected chi connectivity index (χ4v) is 4.44. The molecule has 0 aliphatic carbocycles. The molecule has 0 aromatic heterocycles. The predicted molar refractivity (Wildman–Crippen MR) is 153 cm³/mol. The number of nitrogens with two attached hydrogens (primary N) is 2. The second kappa shape index (κ2) is 15.0. The number of benzene rings is 2. The number of carbonyl (C=O) groups excluding carboxylic acids is 2. The minimum Gasteiger partial charge on any atom is -0.496 e. The van der Waals surface area contributed by atoms with Gasteiger partial charge in [0.15, 0.2) is 0 Å². The third-order valence-electron chi connectivity index (χ3n) is 6.90. The molecule has 2 aromatic rings. The van der Waals surface area contributed by atoms with Gasteiger partial charge in [-0.05, 0) is 45.1 Å². The van der Waals surface area contributed by atoms with Crippen molar-refractivity contribution in [3.05, 3.63) is 35.4 Å². The zero-order chi connectivity index (χ0) is 28.2. The molecule has 10 heteroatoms. The minimum atomic E-state index is -0.280. The van der Waals surface area contributed by atoms with Crippen LogP contribution >= 0.6 is 0 Å². The number of methoxy groups -OCH3 is 2. The van der Waals surface area contributed by atoms with Gasteiger partial charge in [0.1, 0.15) is 11.5 Å². The summed E-state index contributed by atoms with van der Waals surface area (Å²) in [4.78, 5) is 29.8. The third kappa shape index (κ3) is 7.52. The fraction of sp³-hybridized carbons (Fsp3) is 0.500. The first-order valence-corrected chi connectivity index (χ1v) is 13.3. The van der Waals surface area contributed by atoms with Crippen molar-refractivity contribution in [1.82, 2.24) is 15.5 Å². The van der Waals surface area contributed by atoms with Gasteiger partial charge < -0.3 is 41.4 Å². The Hall–Kier alpha value is -3.50. The summed E-state index contributed by atoms with van der Waals surface area (Å²) in [7, 11) is 2.97. The van der Waals surface area contributed by atoms with E-state index in [0.29, 0.717) is 58.2 Å². The lowest BCUT2D eigenvalue weighted by Gasteiger charge is -2.20. The minimum absolute atomic E-state index is 0.279. The second-order valence-electron chi connectivity index (χ2n) is 9.00. The van der Waals surface area contributed by atoms with E-state index in [2.05, 4.69) is 43.2 Å². The molecule has 0 saturated heterocycles. The molecule has 0 fully saturated rings. The number of quaternary nitrogens is 1. The molecule has 0 atom stereocenters. The van der Waals surface area contributed by atoms with Crippen LogP contribution in [0.5, 0.6) is 11.5 Å². The molecule has 0 aliphatic heterocycles. The molecule has 38 heavy (non-hydrogen) atoms. The number of ether oxygens (including phenoxy) is 2. The highest BCUT2D eigenvalue weighted by molar-refractivity contribution is 6.05. The molecule has 2 rings (SSSR count). The van der Waals surface area contributed by atoms with Gasteiger partial charge in [-0.1, -0.05) is 13.8 Å². The number of likely N-dealkylation sites (N-methyl/N-ethyl adjacent to an activating group) is 2. The summed E-state index contributed by atoms with van der Waals surface area (Å²) in [5.74, 6) is 0.0807. The lowest BCUT2D eigenvalue weighted by molar-refractivity contribution is -0.895. The topological polar surface area (TPSA) is 136 Å². The highest BCUT2D eigenvalue weighted by Crippen LogP contribution is 2.42. The van der Waals surface area contributed by atoms with Crippen molar-refractivity contribution < 1.29 is 24.0 Å². The maximum absolute atomic E-state index is 13.1. The number of nitrogen functional groups attached to an aromatic ring is 2. The monoisotopic (exact) mass is 529 g/mol. The quantitative estimate of drug-likeness (QED) is 0.219. The normalized spacial score (nSPS) is 11.1. The van der Waals surface area contributed by atoms with Gasteiger partial charge in [0.25, 0.3) is 11.8 Å². The Labute approximate surface area is 226 Å². The summed E-state index contributed by atoms with van der Waals surface area (Å²) in [6.07, 6.45) is 0. The maximum Gasteiger partial charge on any atom is 0.255 e. The maximum atomic E-state index is 13.1. The fourth-order valence-electron chi connectivity index (χ4n) is 4.44. The van der Waals surface area contributed by atoms with Gasteiger partial charge in [-0.3, -0.25) is 9.59 Å². The van der Waals surface area contributed by atoms with Crippen LogP contribution in [0, 0.1) is 0 Å². The average Bonchev–Trinajstić information content (AvgIpc) is 2.92. The Morgan fingerprint density at radius 2 is 1.50 bits per heavy atom. The lowest BCUT2D eigenvalue weighted by Crippen LogP contribution is -3.12. The van der Waals surface area contributed by atoms with Crippen molar-refractivity contribution in [1.29, 1.82) is 0 Å². The highest BCUT2D eigenvalue weighted by Gasteiger charge is 2.24. The molecule has 0 radical (unpaired) electrons. The third-order valence-corrected chi connectivity index (χ3v) is 6.90. The summed E-state index contributed by atoms with van der Waals surface area (Å²) >= 11 is 0. The van der Waals surface area contributed by atoms with Crippen LogP contribution in [0.2, 0.25) is 0 Å². The van der Waals surface area contributed by atoms with Crippen LogP contribution in [-0.2, 0) is 0 Å². The van der Waals surface area contributed by atoms with Gasteiger partial charge in [0, 0.05) is 41.7 Å². The smallest absolute Gasteiger partial charge is 0.255 e. The number of nitrogens with zero attached hydrogens (tertiary/aromatic N) is 1. The van der Waals surface area contributed by atoms with E-state index in [-0.39, 0.29) is 11.8 Å². The molecule has 210 valence electrons. The van der Waals surface area contributed by atoms with Crippen molar-refractivity contribution in [2.75, 3.05) is 78.0 Å². The Morgan fingerprint density at radius 1 is 0.868 bits per heavy atom. The number of hydrogen-bond acceptors (Lipinski definition) is 7. The van der Waals surface area contributed by atoms with Gasteiger partial charge >= 0.3 is 0 Å². The SMILES string of the molecule is CCN(CC)CCNC(=O)c1ccc(N)c(-c2cc(C(=O)NCC[NH+](CC)CC)c(OC)cc2N)c1OC. The van der Waals surface area contributed by atoms with Gasteiger partial charge in [-0.25, -0.2) is 0 Å². The van der Waals surface area contributed by atoms with E-state index in [1.807, 2.05) is 0 Å². The summed E-state index contributed by atoms with van der Waals surface area (Å²) in [6.45, 7) is 14.8. The standard InChI is InChI=1S/C28H44N6O4/c1-7-33(8-2)15-13-31-27(35)19-11-12-22(29)25(26(19)38-6)20-17-21(24(37-5)18-23(20)30)28(36)32-14-16-34(9-3)10-4/h11-12,17-18H,7-10,13-16,29-30H2,1-6H3,(H,31,35)(H,32,36)/p+1. The van der Waals surface area contributed by atoms with E-state index in [1.54, 1.807) is 24.3 Å². The molecule has 0 unspecified atom stereocenters. The summed E-state index contributed by atoms with van der Waals surface area (Å²) in [5, 5.41) is 5.93. The van der Waals surface area contributed by atoms with Crippen LogP contribution in [0.25, 0.3) is 11.1 Å². The Morgan fingerprint density at radius 3 is 2.08 bits per heavy atom. The summed E-state index contributed by atoms with van der Waals surface area (Å²) in [6, 6.07) is 6.51. The van der Waals surface area contributed by atoms with Gasteiger partial charge in [-0.2, -0.15) is 0 Å². The molecular weight excluding hydrogens is 484 g/mol. The average molecular weight is 530 g/mol. The Balaban J connectivity index is 2.43. The zero-order valence-corrected chi connectivity index (χ0v) is 23.7. The molecule has 7 N–H and O–H groups in total. The Kier molecular flexibility index (Phi) is 12.2. The van der Waals surface area contributed by atoms with Crippen LogP contribution in [0.3, 0.4) is 0 Å². The molecule has 0 heterocycles. The molecule has 2 amide bonds. The van der Waals surface area contributed by atoms with E-state index in [1.165, 1.54) is 19.1 Å². The molecule has 0 spiro atoms. The Bertz CT molecular complexity index is 1080. The van der Waals surface area contributed by atoms with Crippen LogP contribution in [0.4, 0.5) is 11.4 Å². The first kappa shape index (κ1) is 30.7. The molecule has 0 aliphatic rings. The predicted octanol–water partition coefficient (Wildman–Crippen LogP) is 1.26. The van der Waals surface area contributed by atoms with Crippen molar-refractivity contribution in [2.45, 2.75) is 27.7 Å². The van der Waals surface area contributed by atoms with E-state index < -0.39 is 0 Å². The van der Waals surface area contributed by atoms with E-state index in [4.69, 9.17) is 20.9 Å². The molecule has 2 aromatic carbocycles. The van der Waals surface area contributed by atoms with Gasteiger partial charge in [0.2, 0.25) is 0 Å². The highest BCUT2D eigenvalue weighted by atomic mass is 16.5. The molecule has 0 bridgehead atoms. The van der Waals surface area contributed by atoms with Crippen molar-refractivity contribution in [2.24, 2.45) is 0 Å². The van der Waals surface area contributed by atoms with Crippen LogP contribution in [-0.4, -0.2) is 83.3 Å². The number of amides is 2. The van der Waals surface area contributed by atoms with E-state index in [0.717, 1.165) is 39.3 Å². The number of anilines is 2. The van der Waals surface area contributed by atoms with E-state index >= 15 is 0 Å². The van der Waals surface area contributed by atoms with Crippen LogP contribution in [0.15, 0.2) is 24.3 Å². The van der Waals surface area contributed by atoms with E-state index in [9.17, 15) is 9.59 Å². The van der Waals surface area contributed by atoms with Crippen LogP contribution < -0.4 is 36.5 Å². The number of hydrogen-bond donors (Lipinski definition) is 5. The first-order valence-electron chi connectivity index (χ1n) is 13.3. The molecule has 10 nitrogen and oxygen atoms in total. The van der Waals surface area contributed by atoms with Gasteiger partial charge in [0.05, 0.1) is 51.5 Å². The lowest BCUT2D eigenvalue weighted by atomic mass is 9.95. The summed E-state index contributed by atoms with van der Waals surface area (Å²) in [5.41, 5.74) is 15.1. The zero-order valence-electron chi connectivity index (χ0n) is 23.7. The number of carbonyl (C=O) groups is 2. The number of rotatable bonds is 15. The van der Waals surface area contributed by atoms with Crippen molar-refractivity contribution in [3.8, 4) is 22.6 Å². The largest absolute Gasteiger partial charge is 0.496 e. The van der Waals surface area contributed by atoms with Crippen molar-refractivity contribution >= 4 is 23.2 Å².